The van der Waals surface area contributed by atoms with Crippen LogP contribution in [0.1, 0.15) is 32.5 Å². The molecule has 2 rings (SSSR count). The van der Waals surface area contributed by atoms with Gasteiger partial charge in [-0.2, -0.15) is 0 Å². The summed E-state index contributed by atoms with van der Waals surface area (Å²) in [5.74, 6) is -0.660. The molecule has 3 N–H and O–H groups in total. The highest BCUT2D eigenvalue weighted by Crippen LogP contribution is 2.34. The maximum Gasteiger partial charge on any atom is 0.341 e. The first-order valence-corrected chi connectivity index (χ1v) is 10.3. The van der Waals surface area contributed by atoms with E-state index in [1.165, 1.54) is 7.05 Å². The number of esters is 1. The molecular weight excluding hydrogens is 462 g/mol. The van der Waals surface area contributed by atoms with Gasteiger partial charge in [0.1, 0.15) is 10.8 Å². The van der Waals surface area contributed by atoms with Crippen LogP contribution in [0.15, 0.2) is 22.7 Å². The molecule has 0 spiro atoms. The summed E-state index contributed by atoms with van der Waals surface area (Å²) in [6.45, 7) is 3.46. The van der Waals surface area contributed by atoms with Crippen LogP contribution in [-0.4, -0.2) is 45.1 Å². The lowest BCUT2D eigenvalue weighted by atomic mass is 10.1. The van der Waals surface area contributed by atoms with E-state index >= 15 is 0 Å². The van der Waals surface area contributed by atoms with Crippen molar-refractivity contribution in [1.29, 1.82) is 0 Å². The average molecular weight is 484 g/mol. The van der Waals surface area contributed by atoms with E-state index in [1.54, 1.807) is 39.2 Å². The molecular formula is C19H22BrN3O5S. The van der Waals surface area contributed by atoms with Gasteiger partial charge in [0, 0.05) is 17.6 Å². The van der Waals surface area contributed by atoms with E-state index in [4.69, 9.17) is 9.47 Å². The van der Waals surface area contributed by atoms with Gasteiger partial charge in [-0.25, -0.2) is 4.79 Å². The summed E-state index contributed by atoms with van der Waals surface area (Å²) in [4.78, 5) is 37.3. The van der Waals surface area contributed by atoms with Crippen molar-refractivity contribution in [2.45, 2.75) is 13.8 Å². The molecule has 0 fully saturated rings. The van der Waals surface area contributed by atoms with Gasteiger partial charge in [0.25, 0.3) is 5.91 Å². The summed E-state index contributed by atoms with van der Waals surface area (Å²) >= 11 is 4.44. The van der Waals surface area contributed by atoms with Gasteiger partial charge in [0.15, 0.2) is 0 Å². The van der Waals surface area contributed by atoms with Crippen LogP contribution in [0.25, 0.3) is 0 Å². The minimum atomic E-state index is -0.588. The van der Waals surface area contributed by atoms with Crippen molar-refractivity contribution in [2.75, 3.05) is 37.9 Å². The number of nitrogens with one attached hydrogen (secondary N) is 3. The quantitative estimate of drug-likeness (QED) is 0.496. The van der Waals surface area contributed by atoms with E-state index < -0.39 is 5.97 Å². The number of carbonyl (C=O) groups is 3. The van der Waals surface area contributed by atoms with E-state index in [-0.39, 0.29) is 35.5 Å². The zero-order valence-electron chi connectivity index (χ0n) is 16.5. The molecule has 29 heavy (non-hydrogen) atoms. The zero-order chi connectivity index (χ0) is 21.6. The van der Waals surface area contributed by atoms with Crippen LogP contribution in [0.4, 0.5) is 10.7 Å². The molecule has 0 radical (unpaired) electrons. The van der Waals surface area contributed by atoms with Crippen LogP contribution < -0.4 is 20.7 Å². The van der Waals surface area contributed by atoms with E-state index in [0.29, 0.717) is 21.9 Å². The van der Waals surface area contributed by atoms with Gasteiger partial charge in [-0.15, -0.1) is 11.3 Å². The van der Waals surface area contributed by atoms with E-state index in [0.717, 1.165) is 15.8 Å². The molecule has 156 valence electrons. The fraction of sp³-hybridized carbons (Fsp3) is 0.316. The van der Waals surface area contributed by atoms with Crippen molar-refractivity contribution >= 4 is 55.7 Å². The molecule has 0 aliphatic heterocycles. The molecule has 2 aromatic rings. The van der Waals surface area contributed by atoms with Gasteiger partial charge in [-0.1, -0.05) is 0 Å². The smallest absolute Gasteiger partial charge is 0.341 e. The summed E-state index contributed by atoms with van der Waals surface area (Å²) in [6, 6.07) is 5.34. The monoisotopic (exact) mass is 483 g/mol. The number of anilines is 2. The Morgan fingerprint density at radius 3 is 2.59 bits per heavy atom. The first-order valence-electron chi connectivity index (χ1n) is 8.72. The van der Waals surface area contributed by atoms with Crippen molar-refractivity contribution in [3.63, 3.8) is 0 Å². The van der Waals surface area contributed by atoms with Crippen LogP contribution in [0.3, 0.4) is 0 Å². The molecule has 10 heteroatoms. The van der Waals surface area contributed by atoms with E-state index in [9.17, 15) is 14.4 Å². The Hall–Kier alpha value is -2.59. The van der Waals surface area contributed by atoms with Crippen LogP contribution >= 0.6 is 27.3 Å². The molecule has 0 unspecified atom stereocenters. The van der Waals surface area contributed by atoms with Crippen molar-refractivity contribution in [2.24, 2.45) is 0 Å². The van der Waals surface area contributed by atoms with Gasteiger partial charge >= 0.3 is 5.97 Å². The van der Waals surface area contributed by atoms with Crippen molar-refractivity contribution < 1.29 is 23.9 Å². The maximum absolute atomic E-state index is 12.5. The van der Waals surface area contributed by atoms with Crippen LogP contribution in [-0.2, 0) is 9.53 Å². The minimum absolute atomic E-state index is 0.0553. The Bertz CT molecular complexity index is 929. The number of rotatable bonds is 8. The first-order chi connectivity index (χ1) is 13.8. The maximum atomic E-state index is 12.5. The number of ether oxygens (including phenoxy) is 2. The molecule has 2 amide bonds. The lowest BCUT2D eigenvalue weighted by Gasteiger charge is -2.11. The summed E-state index contributed by atoms with van der Waals surface area (Å²) < 4.78 is 11.0. The highest BCUT2D eigenvalue weighted by atomic mass is 79.9. The number of benzene rings is 1. The number of hydrogen-bond acceptors (Lipinski definition) is 7. The molecule has 1 aromatic heterocycles. The molecule has 0 aliphatic carbocycles. The molecule has 0 bridgehead atoms. The van der Waals surface area contributed by atoms with Crippen LogP contribution in [0.5, 0.6) is 5.75 Å². The minimum Gasteiger partial charge on any atom is -0.497 e. The van der Waals surface area contributed by atoms with Crippen molar-refractivity contribution in [1.82, 2.24) is 5.32 Å². The Balaban J connectivity index is 2.20. The Labute approximate surface area is 181 Å². The molecule has 1 aromatic carbocycles. The average Bonchev–Trinajstić information content (AvgIpc) is 3.02. The number of halogens is 1. The lowest BCUT2D eigenvalue weighted by Crippen LogP contribution is -2.22. The fourth-order valence-electron chi connectivity index (χ4n) is 2.49. The first kappa shape index (κ1) is 22.7. The van der Waals surface area contributed by atoms with Crippen molar-refractivity contribution in [3.05, 3.63) is 38.7 Å². The molecule has 0 atom stereocenters. The predicted octanol–water partition coefficient (Wildman–Crippen LogP) is 3.41. The zero-order valence-corrected chi connectivity index (χ0v) is 18.9. The topological polar surface area (TPSA) is 106 Å². The summed E-state index contributed by atoms with van der Waals surface area (Å²) in [7, 11) is 3.06. The summed E-state index contributed by atoms with van der Waals surface area (Å²) in [6.07, 6.45) is 0. The van der Waals surface area contributed by atoms with Crippen LogP contribution in [0, 0.1) is 6.92 Å². The Morgan fingerprint density at radius 2 is 1.97 bits per heavy atom. The lowest BCUT2D eigenvalue weighted by molar-refractivity contribution is -0.114. The third-order valence-corrected chi connectivity index (χ3v) is 5.82. The highest BCUT2D eigenvalue weighted by molar-refractivity contribution is 9.10. The third kappa shape index (κ3) is 5.48. The third-order valence-electron chi connectivity index (χ3n) is 3.93. The molecule has 0 saturated carbocycles. The summed E-state index contributed by atoms with van der Waals surface area (Å²) in [5, 5.41) is 8.51. The Morgan fingerprint density at radius 1 is 1.24 bits per heavy atom. The number of amides is 2. The molecule has 8 nitrogen and oxygen atoms in total. The van der Waals surface area contributed by atoms with Gasteiger partial charge in [0.05, 0.1) is 36.4 Å². The predicted molar refractivity (Wildman–Crippen MR) is 116 cm³/mol. The Kier molecular flexibility index (Phi) is 8.03. The number of hydrogen-bond donors (Lipinski definition) is 3. The number of methoxy groups -OCH3 is 1. The van der Waals surface area contributed by atoms with Crippen molar-refractivity contribution in [3.8, 4) is 5.75 Å². The second-order valence-corrected chi connectivity index (χ2v) is 7.68. The SMILES string of the molecule is CCOC(=O)c1c(NC(=O)CNc2cc(OC)ccc2Br)sc(C(=O)NC)c1C. The highest BCUT2D eigenvalue weighted by Gasteiger charge is 2.26. The second-order valence-electron chi connectivity index (χ2n) is 5.81. The molecule has 1 heterocycles. The second kappa shape index (κ2) is 10.3. The molecule has 0 saturated heterocycles. The van der Waals surface area contributed by atoms with E-state index in [2.05, 4.69) is 31.9 Å². The van der Waals surface area contributed by atoms with Crippen LogP contribution in [0.2, 0.25) is 0 Å². The fourth-order valence-corrected chi connectivity index (χ4v) is 4.04. The number of carbonyl (C=O) groups excluding carboxylic acids is 3. The summed E-state index contributed by atoms with van der Waals surface area (Å²) in [5.41, 5.74) is 1.33. The number of thiophene rings is 1. The normalized spacial score (nSPS) is 10.2. The largest absolute Gasteiger partial charge is 0.497 e. The van der Waals surface area contributed by atoms with Gasteiger partial charge in [-0.05, 0) is 47.5 Å². The van der Waals surface area contributed by atoms with Gasteiger partial charge < -0.3 is 25.4 Å². The van der Waals surface area contributed by atoms with Gasteiger partial charge in [0.2, 0.25) is 5.91 Å². The van der Waals surface area contributed by atoms with Gasteiger partial charge in [-0.3, -0.25) is 9.59 Å². The van der Waals surface area contributed by atoms with E-state index in [1.807, 2.05) is 0 Å². The molecule has 0 aliphatic rings. The standard InChI is InChI=1S/C19H22BrN3O5S/c1-5-28-19(26)15-10(2)16(17(25)21-3)29-18(15)23-14(24)9-22-13-8-11(27-4)6-7-12(13)20/h6-8,22H,5,9H2,1-4H3,(H,21,25)(H,23,24).